The van der Waals surface area contributed by atoms with Gasteiger partial charge in [-0.1, -0.05) is 66.7 Å². The van der Waals surface area contributed by atoms with E-state index in [0.717, 1.165) is 29.7 Å². The van der Waals surface area contributed by atoms with Gasteiger partial charge < -0.3 is 9.47 Å². The third-order valence-electron chi connectivity index (χ3n) is 5.60. The van der Waals surface area contributed by atoms with E-state index in [1.54, 1.807) is 31.4 Å². The summed E-state index contributed by atoms with van der Waals surface area (Å²) in [5.74, 6) is 0.431. The van der Waals surface area contributed by atoms with Crippen molar-refractivity contribution in [3.05, 3.63) is 101 Å². The summed E-state index contributed by atoms with van der Waals surface area (Å²) in [7, 11) is 1.65. The SMILES string of the molecule is COCCOc1ccccc1C=Cc1cccc(CCCN2C(=O)c3ccccc3C2=O)c1. The number of para-hydroxylation sites is 1. The largest absolute Gasteiger partial charge is 0.491 e. The fourth-order valence-corrected chi connectivity index (χ4v) is 3.91. The third-order valence-corrected chi connectivity index (χ3v) is 5.60. The number of carbonyl (C=O) groups is 2. The Morgan fingerprint density at radius 2 is 1.55 bits per heavy atom. The van der Waals surface area contributed by atoms with Crippen LogP contribution in [-0.2, 0) is 11.2 Å². The van der Waals surface area contributed by atoms with Gasteiger partial charge in [-0.05, 0) is 42.2 Å². The number of carbonyl (C=O) groups excluding carboxylic acids is 2. The minimum atomic E-state index is -0.196. The first-order valence-electron chi connectivity index (χ1n) is 11.1. The highest BCUT2D eigenvalue weighted by molar-refractivity contribution is 6.21. The van der Waals surface area contributed by atoms with E-state index in [2.05, 4.69) is 24.3 Å². The van der Waals surface area contributed by atoms with Crippen molar-refractivity contribution >= 4 is 24.0 Å². The molecular formula is C28H27NO4. The van der Waals surface area contributed by atoms with Crippen molar-refractivity contribution in [1.29, 1.82) is 0 Å². The van der Waals surface area contributed by atoms with Crippen LogP contribution < -0.4 is 4.74 Å². The number of rotatable bonds is 10. The lowest BCUT2D eigenvalue weighted by Crippen LogP contribution is -2.30. The molecule has 2 amide bonds. The molecule has 1 heterocycles. The number of benzene rings is 3. The molecule has 5 heteroatoms. The summed E-state index contributed by atoms with van der Waals surface area (Å²) in [5, 5.41) is 0. The molecule has 0 bridgehead atoms. The maximum atomic E-state index is 12.5. The second kappa shape index (κ2) is 10.7. The molecule has 0 saturated heterocycles. The Morgan fingerprint density at radius 3 is 2.30 bits per heavy atom. The highest BCUT2D eigenvalue weighted by atomic mass is 16.5. The number of methoxy groups -OCH3 is 1. The summed E-state index contributed by atoms with van der Waals surface area (Å²) in [6.45, 7) is 1.46. The molecule has 0 saturated carbocycles. The molecule has 168 valence electrons. The fraction of sp³-hybridized carbons (Fsp3) is 0.214. The van der Waals surface area contributed by atoms with Crippen LogP contribution in [0.5, 0.6) is 5.75 Å². The highest BCUT2D eigenvalue weighted by Crippen LogP contribution is 2.23. The van der Waals surface area contributed by atoms with Crippen molar-refractivity contribution in [3.63, 3.8) is 0 Å². The quantitative estimate of drug-likeness (QED) is 0.249. The average molecular weight is 442 g/mol. The second-order valence-electron chi connectivity index (χ2n) is 7.87. The summed E-state index contributed by atoms with van der Waals surface area (Å²) < 4.78 is 10.9. The average Bonchev–Trinajstić information content (AvgIpc) is 3.09. The molecule has 0 aromatic heterocycles. The summed E-state index contributed by atoms with van der Waals surface area (Å²) in [6, 6.07) is 23.2. The van der Waals surface area contributed by atoms with E-state index in [9.17, 15) is 9.59 Å². The Kier molecular flexibility index (Phi) is 7.33. The van der Waals surface area contributed by atoms with Gasteiger partial charge in [-0.15, -0.1) is 0 Å². The van der Waals surface area contributed by atoms with Gasteiger partial charge in [0.25, 0.3) is 11.8 Å². The van der Waals surface area contributed by atoms with Crippen LogP contribution in [0.3, 0.4) is 0 Å². The summed E-state index contributed by atoms with van der Waals surface area (Å²) in [5.41, 5.74) is 4.25. The first-order chi connectivity index (χ1) is 16.2. The van der Waals surface area contributed by atoms with Gasteiger partial charge in [-0.25, -0.2) is 0 Å². The van der Waals surface area contributed by atoms with Crippen LogP contribution in [0.4, 0.5) is 0 Å². The van der Waals surface area contributed by atoms with Gasteiger partial charge in [-0.2, -0.15) is 0 Å². The number of fused-ring (bicyclic) bond motifs is 1. The lowest BCUT2D eigenvalue weighted by Gasteiger charge is -2.13. The van der Waals surface area contributed by atoms with Crippen molar-refractivity contribution in [2.45, 2.75) is 12.8 Å². The topological polar surface area (TPSA) is 55.8 Å². The Bertz CT molecular complexity index is 1130. The molecule has 0 spiro atoms. The van der Waals surface area contributed by atoms with Crippen molar-refractivity contribution in [2.75, 3.05) is 26.9 Å². The summed E-state index contributed by atoms with van der Waals surface area (Å²) >= 11 is 0. The molecule has 33 heavy (non-hydrogen) atoms. The van der Waals surface area contributed by atoms with Crippen LogP contribution >= 0.6 is 0 Å². The van der Waals surface area contributed by atoms with Gasteiger partial charge in [0, 0.05) is 19.2 Å². The molecule has 0 fully saturated rings. The van der Waals surface area contributed by atoms with Crippen LogP contribution in [0.1, 0.15) is 43.8 Å². The molecule has 5 nitrogen and oxygen atoms in total. The molecule has 1 aliphatic rings. The van der Waals surface area contributed by atoms with Crippen molar-refractivity contribution < 1.29 is 19.1 Å². The second-order valence-corrected chi connectivity index (χ2v) is 7.87. The van der Waals surface area contributed by atoms with Crippen molar-refractivity contribution in [1.82, 2.24) is 4.90 Å². The highest BCUT2D eigenvalue weighted by Gasteiger charge is 2.34. The van der Waals surface area contributed by atoms with E-state index in [0.29, 0.717) is 30.9 Å². The Balaban J connectivity index is 1.36. The number of ether oxygens (including phenoxy) is 2. The molecule has 0 radical (unpaired) electrons. The van der Waals surface area contributed by atoms with Crippen molar-refractivity contribution in [2.24, 2.45) is 0 Å². The van der Waals surface area contributed by atoms with Gasteiger partial charge in [0.05, 0.1) is 17.7 Å². The first-order valence-corrected chi connectivity index (χ1v) is 11.1. The van der Waals surface area contributed by atoms with E-state index >= 15 is 0 Å². The first kappa shape index (κ1) is 22.5. The van der Waals surface area contributed by atoms with Crippen LogP contribution in [0, 0.1) is 0 Å². The molecule has 0 N–H and O–H groups in total. The molecule has 4 rings (SSSR count). The molecular weight excluding hydrogens is 414 g/mol. The van der Waals surface area contributed by atoms with Gasteiger partial charge in [0.1, 0.15) is 12.4 Å². The van der Waals surface area contributed by atoms with Gasteiger partial charge in [-0.3, -0.25) is 14.5 Å². The number of nitrogens with zero attached hydrogens (tertiary/aromatic N) is 1. The molecule has 0 unspecified atom stereocenters. The number of hydrogen-bond acceptors (Lipinski definition) is 4. The van der Waals surface area contributed by atoms with Crippen LogP contribution in [0.2, 0.25) is 0 Å². The smallest absolute Gasteiger partial charge is 0.261 e. The number of hydrogen-bond donors (Lipinski definition) is 0. The van der Waals surface area contributed by atoms with Crippen LogP contribution in [0.25, 0.3) is 12.2 Å². The zero-order valence-corrected chi connectivity index (χ0v) is 18.7. The fourth-order valence-electron chi connectivity index (χ4n) is 3.91. The zero-order valence-electron chi connectivity index (χ0n) is 18.7. The maximum absolute atomic E-state index is 12.5. The number of aryl methyl sites for hydroxylation is 1. The molecule has 3 aromatic carbocycles. The Labute approximate surface area is 194 Å². The van der Waals surface area contributed by atoms with E-state index in [-0.39, 0.29) is 11.8 Å². The monoisotopic (exact) mass is 441 g/mol. The van der Waals surface area contributed by atoms with E-state index in [4.69, 9.17) is 9.47 Å². The lowest BCUT2D eigenvalue weighted by atomic mass is 10.0. The Hall–Kier alpha value is -3.70. The summed E-state index contributed by atoms with van der Waals surface area (Å²) in [6.07, 6.45) is 5.60. The van der Waals surface area contributed by atoms with Gasteiger partial charge in [0.15, 0.2) is 0 Å². The molecule has 1 aliphatic heterocycles. The number of amides is 2. The molecule has 3 aromatic rings. The third kappa shape index (κ3) is 5.38. The standard InChI is InChI=1S/C28H27NO4/c1-32-18-19-33-26-14-5-2-11-23(26)16-15-22-9-6-8-21(20-22)10-7-17-29-27(30)24-12-3-4-13-25(24)28(29)31/h2-6,8-9,11-16,20H,7,10,17-19H2,1H3. The minimum absolute atomic E-state index is 0.196. The predicted molar refractivity (Wildman–Crippen MR) is 129 cm³/mol. The van der Waals surface area contributed by atoms with E-state index < -0.39 is 0 Å². The van der Waals surface area contributed by atoms with Crippen LogP contribution in [0.15, 0.2) is 72.8 Å². The number of imide groups is 1. The van der Waals surface area contributed by atoms with Gasteiger partial charge in [0.2, 0.25) is 0 Å². The Morgan fingerprint density at radius 1 is 0.818 bits per heavy atom. The van der Waals surface area contributed by atoms with Crippen LogP contribution in [-0.4, -0.2) is 43.6 Å². The molecule has 0 aliphatic carbocycles. The minimum Gasteiger partial charge on any atom is -0.491 e. The maximum Gasteiger partial charge on any atom is 0.261 e. The normalized spacial score (nSPS) is 13.1. The van der Waals surface area contributed by atoms with E-state index in [1.807, 2.05) is 36.4 Å². The molecule has 0 atom stereocenters. The summed E-state index contributed by atoms with van der Waals surface area (Å²) in [4.78, 5) is 26.4. The van der Waals surface area contributed by atoms with Crippen molar-refractivity contribution in [3.8, 4) is 5.75 Å². The van der Waals surface area contributed by atoms with E-state index in [1.165, 1.54) is 10.5 Å². The van der Waals surface area contributed by atoms with Gasteiger partial charge >= 0.3 is 0 Å². The zero-order chi connectivity index (χ0) is 23.0. The lowest BCUT2D eigenvalue weighted by molar-refractivity contribution is 0.0652. The predicted octanol–water partition coefficient (Wildman–Crippen LogP) is 5.11.